The molecule has 0 fully saturated rings. The third-order valence-corrected chi connectivity index (χ3v) is 22.4. The summed E-state index contributed by atoms with van der Waals surface area (Å²) in [6.45, 7) is 4.53. The predicted octanol–water partition coefficient (Wildman–Crippen LogP) is 25.7. The van der Waals surface area contributed by atoms with Gasteiger partial charge in [0, 0.05) is 85.9 Å². The van der Waals surface area contributed by atoms with Crippen LogP contribution in [-0.4, -0.2) is 129 Å². The maximum Gasteiger partial charge on any atom is 0.0821 e. The molecule has 1 aliphatic carbocycles. The summed E-state index contributed by atoms with van der Waals surface area (Å²) in [5, 5.41) is 4.92. The lowest BCUT2D eigenvalue weighted by atomic mass is 9.70. The molecule has 0 heterocycles. The van der Waals surface area contributed by atoms with Gasteiger partial charge < -0.3 is 37.5 Å². The molecule has 0 saturated carbocycles. The van der Waals surface area contributed by atoms with Crippen LogP contribution in [0.15, 0.2) is 340 Å². The molecule has 0 unspecified atom stereocenters. The number of rotatable bonds is 29. The van der Waals surface area contributed by atoms with Crippen molar-refractivity contribution >= 4 is 89.8 Å². The van der Waals surface area contributed by atoms with Crippen molar-refractivity contribution in [3.63, 3.8) is 0 Å². The SMILES string of the molecule is C[N+](C)(C)CCCCC1(CCCC[N+](C)(C)C)c2cc(N(c3ccccc3)c3ccccc3)ccc2-c2ccc(N(c3ccccc3)c3ccccc3)cc21.C[N+](C)(C)CCc1ccc(N(c2ccc(-c3ccc(N(c4ccc(CC[N+](C)(C)C)cc4)c4cccc5ccccc45)cc3)cc2)c2cccc3ccccc23)cc1. The minimum absolute atomic E-state index is 0.120. The van der Waals surface area contributed by atoms with Gasteiger partial charge >= 0.3 is 0 Å². The minimum atomic E-state index is -0.120. The van der Waals surface area contributed by atoms with Crippen LogP contribution in [0, 0.1) is 0 Å². The molecule has 0 aliphatic heterocycles. The molecular formula is C105H116N8+4. The molecule has 0 amide bonds. The molecule has 14 aromatic carbocycles. The summed E-state index contributed by atoms with van der Waals surface area (Å²) in [5.74, 6) is 0. The van der Waals surface area contributed by atoms with Gasteiger partial charge in [0.05, 0.1) is 122 Å². The average Bonchev–Trinajstić information content (AvgIpc) is 1.56. The number of hydrogen-bond donors (Lipinski definition) is 0. The van der Waals surface area contributed by atoms with Crippen LogP contribution >= 0.6 is 0 Å². The lowest BCUT2D eigenvalue weighted by Crippen LogP contribution is -2.36. The number of likely N-dealkylation sites (N-methyl/N-ethyl adjacent to an activating group) is 2. The van der Waals surface area contributed by atoms with Crippen LogP contribution in [0.25, 0.3) is 43.8 Å². The second kappa shape index (κ2) is 34.3. The van der Waals surface area contributed by atoms with Crippen molar-refractivity contribution in [1.82, 2.24) is 0 Å². The van der Waals surface area contributed by atoms with E-state index in [1.54, 1.807) is 0 Å². The molecule has 15 rings (SSSR count). The first-order valence-corrected chi connectivity index (χ1v) is 40.8. The van der Waals surface area contributed by atoms with Gasteiger partial charge in [-0.05, 0) is 227 Å². The molecule has 113 heavy (non-hydrogen) atoms. The maximum absolute atomic E-state index is 2.56. The van der Waals surface area contributed by atoms with E-state index >= 15 is 0 Å². The van der Waals surface area contributed by atoms with E-state index in [1.807, 2.05) is 0 Å². The molecule has 1 aliphatic rings. The molecular weight excluding hydrogens is 1370 g/mol. The normalized spacial score (nSPS) is 12.6. The number of hydrogen-bond acceptors (Lipinski definition) is 4. The van der Waals surface area contributed by atoms with E-state index in [0.29, 0.717) is 0 Å². The van der Waals surface area contributed by atoms with Gasteiger partial charge in [-0.25, -0.2) is 0 Å². The number of quaternary nitrogens is 4. The zero-order valence-corrected chi connectivity index (χ0v) is 68.9. The van der Waals surface area contributed by atoms with E-state index in [1.165, 1.54) is 150 Å². The lowest BCUT2D eigenvalue weighted by molar-refractivity contribution is -0.870. The highest BCUT2D eigenvalue weighted by Crippen LogP contribution is 2.57. The third kappa shape index (κ3) is 19.1. The Balaban J connectivity index is 0.000000188. The lowest BCUT2D eigenvalue weighted by Gasteiger charge is -2.35. The molecule has 8 heteroatoms. The Morgan fingerprint density at radius 3 is 0.823 bits per heavy atom. The van der Waals surface area contributed by atoms with E-state index < -0.39 is 0 Å². The summed E-state index contributed by atoms with van der Waals surface area (Å²) in [5.41, 5.74) is 24.7. The van der Waals surface area contributed by atoms with Crippen molar-refractivity contribution in [3.05, 3.63) is 362 Å². The molecule has 0 saturated heterocycles. The minimum Gasteiger partial charge on any atom is -0.331 e. The first-order chi connectivity index (χ1) is 54.5. The largest absolute Gasteiger partial charge is 0.331 e. The Bertz CT molecular complexity index is 4990. The highest BCUT2D eigenvalue weighted by molar-refractivity contribution is 6.01. The summed E-state index contributed by atoms with van der Waals surface area (Å²) in [6, 6.07) is 125. The van der Waals surface area contributed by atoms with Gasteiger partial charge in [0.25, 0.3) is 0 Å². The Morgan fingerprint density at radius 1 is 0.230 bits per heavy atom. The summed E-state index contributed by atoms with van der Waals surface area (Å²) in [7, 11) is 27.5. The monoisotopic (exact) mass is 1490 g/mol. The highest BCUT2D eigenvalue weighted by atomic mass is 15.3. The zero-order chi connectivity index (χ0) is 78.7. The average molecular weight is 1490 g/mol. The molecule has 0 bridgehead atoms. The molecule has 0 radical (unpaired) electrons. The number of para-hydroxylation sites is 4. The molecule has 8 nitrogen and oxygen atoms in total. The highest BCUT2D eigenvalue weighted by Gasteiger charge is 2.44. The molecule has 0 N–H and O–H groups in total. The second-order valence-corrected chi connectivity index (χ2v) is 35.1. The van der Waals surface area contributed by atoms with Crippen molar-refractivity contribution < 1.29 is 17.9 Å². The molecule has 0 aromatic heterocycles. The van der Waals surface area contributed by atoms with Crippen molar-refractivity contribution in [2.45, 2.75) is 56.8 Å². The van der Waals surface area contributed by atoms with Gasteiger partial charge in [0.15, 0.2) is 0 Å². The van der Waals surface area contributed by atoms with Gasteiger partial charge in [0.2, 0.25) is 0 Å². The first-order valence-electron chi connectivity index (χ1n) is 40.8. The number of nitrogens with zero attached hydrogens (tertiary/aromatic N) is 8. The molecule has 0 spiro atoms. The van der Waals surface area contributed by atoms with Gasteiger partial charge in [0.1, 0.15) is 0 Å². The van der Waals surface area contributed by atoms with E-state index in [9.17, 15) is 0 Å². The second-order valence-electron chi connectivity index (χ2n) is 35.1. The fourth-order valence-electron chi connectivity index (χ4n) is 16.5. The van der Waals surface area contributed by atoms with Crippen LogP contribution in [0.5, 0.6) is 0 Å². The predicted molar refractivity (Wildman–Crippen MR) is 485 cm³/mol. The fraction of sp³-hybridized carbons (Fsp3) is 0.238. The van der Waals surface area contributed by atoms with Crippen molar-refractivity contribution in [3.8, 4) is 22.3 Å². The number of anilines is 12. The zero-order valence-electron chi connectivity index (χ0n) is 68.9. The summed E-state index contributed by atoms with van der Waals surface area (Å²) in [6.07, 6.45) is 9.11. The van der Waals surface area contributed by atoms with Gasteiger partial charge in [-0.1, -0.05) is 206 Å². The molecule has 14 aromatic rings. The summed E-state index contributed by atoms with van der Waals surface area (Å²) < 4.78 is 3.88. The Hall–Kier alpha value is -11.4. The van der Waals surface area contributed by atoms with Crippen molar-refractivity contribution in [2.75, 3.05) is 130 Å². The first kappa shape index (κ1) is 78.3. The Morgan fingerprint density at radius 2 is 0.504 bits per heavy atom. The number of unbranched alkanes of at least 4 members (excludes halogenated alkanes) is 2. The fourth-order valence-corrected chi connectivity index (χ4v) is 16.5. The topological polar surface area (TPSA) is 13.0 Å². The van der Waals surface area contributed by atoms with E-state index in [0.717, 1.165) is 79.5 Å². The van der Waals surface area contributed by atoms with E-state index in [-0.39, 0.29) is 5.41 Å². The van der Waals surface area contributed by atoms with Crippen molar-refractivity contribution in [1.29, 1.82) is 0 Å². The quantitative estimate of drug-likeness (QED) is 0.0342. The Labute approximate surface area is 674 Å². The van der Waals surface area contributed by atoms with Gasteiger partial charge in [-0.15, -0.1) is 0 Å². The smallest absolute Gasteiger partial charge is 0.0821 e. The number of fused-ring (bicyclic) bond motifs is 5. The van der Waals surface area contributed by atoms with Crippen LogP contribution in [0.2, 0.25) is 0 Å². The van der Waals surface area contributed by atoms with Crippen molar-refractivity contribution in [2.24, 2.45) is 0 Å². The van der Waals surface area contributed by atoms with Crippen LogP contribution in [0.3, 0.4) is 0 Å². The molecule has 0 atom stereocenters. The van der Waals surface area contributed by atoms with Gasteiger partial charge in [-0.2, -0.15) is 0 Å². The maximum atomic E-state index is 2.56. The number of benzene rings is 14. The van der Waals surface area contributed by atoms with E-state index in [2.05, 4.69) is 444 Å². The standard InChI is InChI=1S/C54H56N4.C51H60N4/c1-57(2,3)39-37-41-21-29-47(30-22-41)55(53-19-11-15-45-13-7-9-17-51(45)53)49-33-25-43(26-34-49)44-27-35-50(36-28-44)56(54-20-12-16-46-14-8-10-18-52(46)54)48-31-23-42(24-32-48)38-40-58(4,5)6;1-54(2,3)37-21-19-35-51(36-20-22-38-55(4,5)6)49-39-45(52(41-23-11-7-12-24-41)42-25-13-8-14-26-42)31-33-47(49)48-34-32-46(40-50(48)51)53(43-27-15-9-16-28-43)44-29-17-10-18-30-44/h7-36H,37-40H2,1-6H3;7-18,23-34,39-40H,19-22,35-38H2,1-6H3/q2*+2. The van der Waals surface area contributed by atoms with E-state index in [4.69, 9.17) is 0 Å². The summed E-state index contributed by atoms with van der Waals surface area (Å²) >= 11 is 0. The van der Waals surface area contributed by atoms with Crippen LogP contribution in [-0.2, 0) is 18.3 Å². The van der Waals surface area contributed by atoms with Crippen LogP contribution in [0.1, 0.15) is 60.8 Å². The summed E-state index contributed by atoms with van der Waals surface area (Å²) in [4.78, 5) is 9.66. The third-order valence-electron chi connectivity index (χ3n) is 22.4. The molecule has 572 valence electrons. The van der Waals surface area contributed by atoms with Gasteiger partial charge in [-0.3, -0.25) is 0 Å². The van der Waals surface area contributed by atoms with Crippen LogP contribution < -0.4 is 19.6 Å². The Kier molecular flexibility index (Phi) is 23.8. The van der Waals surface area contributed by atoms with Crippen LogP contribution in [0.4, 0.5) is 68.2 Å².